The second-order valence-corrected chi connectivity index (χ2v) is 3.07. The van der Waals surface area contributed by atoms with E-state index in [0.717, 1.165) is 12.8 Å². The molecule has 0 heterocycles. The summed E-state index contributed by atoms with van der Waals surface area (Å²) in [6, 6.07) is 0. The molecular weight excluding hydrogens is 156 g/mol. The lowest BCUT2D eigenvalue weighted by molar-refractivity contribution is -0.140. The van der Waals surface area contributed by atoms with Gasteiger partial charge in [0.05, 0.1) is 6.42 Å². The number of carboxylic acid groups (broad SMARTS) is 1. The minimum absolute atomic E-state index is 0.0391. The van der Waals surface area contributed by atoms with E-state index in [2.05, 4.69) is 0 Å². The predicted molar refractivity (Wildman–Crippen MR) is 45.9 cm³/mol. The summed E-state index contributed by atoms with van der Waals surface area (Å²) in [4.78, 5) is 21.4. The molecule has 0 saturated carbocycles. The smallest absolute Gasteiger partial charge is 0.304 e. The third-order valence-electron chi connectivity index (χ3n) is 1.81. The average Bonchev–Trinajstić information content (AvgIpc) is 1.98. The lowest BCUT2D eigenvalue weighted by Crippen LogP contribution is -2.14. The summed E-state index contributed by atoms with van der Waals surface area (Å²) >= 11 is 0. The van der Waals surface area contributed by atoms with Gasteiger partial charge in [-0.3, -0.25) is 9.59 Å². The maximum atomic E-state index is 11.2. The molecule has 1 unspecified atom stereocenters. The van der Waals surface area contributed by atoms with Gasteiger partial charge >= 0.3 is 5.97 Å². The Labute approximate surface area is 72.8 Å². The predicted octanol–water partition coefficient (Wildman–Crippen LogP) is 1.86. The van der Waals surface area contributed by atoms with E-state index in [0.29, 0.717) is 6.42 Å². The van der Waals surface area contributed by atoms with Crippen LogP contribution in [0, 0.1) is 5.92 Å². The molecule has 0 aliphatic heterocycles. The van der Waals surface area contributed by atoms with E-state index < -0.39 is 5.97 Å². The van der Waals surface area contributed by atoms with Crippen LogP contribution >= 0.6 is 0 Å². The highest BCUT2D eigenvalue weighted by molar-refractivity contribution is 5.84. The summed E-state index contributed by atoms with van der Waals surface area (Å²) in [5, 5.41) is 8.41. The van der Waals surface area contributed by atoms with E-state index in [4.69, 9.17) is 5.11 Å². The van der Waals surface area contributed by atoms with Crippen LogP contribution in [0.3, 0.4) is 0 Å². The van der Waals surface area contributed by atoms with Crippen LogP contribution in [0.5, 0.6) is 0 Å². The number of rotatable bonds is 6. The second kappa shape index (κ2) is 5.75. The molecule has 1 atom stereocenters. The summed E-state index contributed by atoms with van der Waals surface area (Å²) in [6.45, 7) is 3.68. The van der Waals surface area contributed by atoms with Crippen LogP contribution in [0.4, 0.5) is 0 Å². The molecule has 0 aromatic carbocycles. The van der Waals surface area contributed by atoms with E-state index in [1.165, 1.54) is 0 Å². The largest absolute Gasteiger partial charge is 0.481 e. The van der Waals surface area contributed by atoms with Crippen LogP contribution in [0.15, 0.2) is 0 Å². The minimum atomic E-state index is -0.896. The number of aliphatic carboxylic acids is 1. The number of carboxylic acids is 1. The van der Waals surface area contributed by atoms with E-state index in [1.54, 1.807) is 6.92 Å². The molecule has 0 amide bonds. The number of hydrogen-bond acceptors (Lipinski definition) is 2. The van der Waals surface area contributed by atoms with Gasteiger partial charge in [-0.2, -0.15) is 0 Å². The maximum Gasteiger partial charge on any atom is 0.304 e. The molecule has 0 aliphatic carbocycles. The lowest BCUT2D eigenvalue weighted by atomic mass is 9.98. The third kappa shape index (κ3) is 4.88. The number of carbonyl (C=O) groups excluding carboxylic acids is 1. The SMILES string of the molecule is CCCCC(=O)C(C)CC(=O)O. The van der Waals surface area contributed by atoms with Gasteiger partial charge in [0.1, 0.15) is 5.78 Å². The number of unbranched alkanes of at least 4 members (excludes halogenated alkanes) is 1. The van der Waals surface area contributed by atoms with Gasteiger partial charge in [-0.25, -0.2) is 0 Å². The zero-order valence-electron chi connectivity index (χ0n) is 7.67. The van der Waals surface area contributed by atoms with Crippen LogP contribution in [-0.4, -0.2) is 16.9 Å². The number of Topliss-reactive ketones (excluding diaryl/α,β-unsaturated/α-hetero) is 1. The van der Waals surface area contributed by atoms with Crippen molar-refractivity contribution < 1.29 is 14.7 Å². The highest BCUT2D eigenvalue weighted by atomic mass is 16.4. The van der Waals surface area contributed by atoms with Crippen LogP contribution in [-0.2, 0) is 9.59 Å². The maximum absolute atomic E-state index is 11.2. The molecule has 3 heteroatoms. The van der Waals surface area contributed by atoms with E-state index >= 15 is 0 Å². The van der Waals surface area contributed by atoms with Gasteiger partial charge in [0.25, 0.3) is 0 Å². The normalized spacial score (nSPS) is 12.5. The molecular formula is C9H16O3. The van der Waals surface area contributed by atoms with Gasteiger partial charge in [0.15, 0.2) is 0 Å². The summed E-state index contributed by atoms with van der Waals surface area (Å²) < 4.78 is 0. The number of hydrogen-bond donors (Lipinski definition) is 1. The van der Waals surface area contributed by atoms with Crippen molar-refractivity contribution in [1.82, 2.24) is 0 Å². The van der Waals surface area contributed by atoms with Crippen LogP contribution < -0.4 is 0 Å². The average molecular weight is 172 g/mol. The molecule has 0 spiro atoms. The van der Waals surface area contributed by atoms with Gasteiger partial charge in [0, 0.05) is 12.3 Å². The highest BCUT2D eigenvalue weighted by Gasteiger charge is 2.15. The summed E-state index contributed by atoms with van der Waals surface area (Å²) in [5.74, 6) is -1.15. The van der Waals surface area contributed by atoms with Crippen molar-refractivity contribution in [2.45, 2.75) is 39.5 Å². The molecule has 0 saturated heterocycles. The standard InChI is InChI=1S/C9H16O3/c1-3-4-5-8(10)7(2)6-9(11)12/h7H,3-6H2,1-2H3,(H,11,12). The molecule has 70 valence electrons. The fourth-order valence-corrected chi connectivity index (χ4v) is 0.973. The zero-order valence-corrected chi connectivity index (χ0v) is 7.67. The third-order valence-corrected chi connectivity index (χ3v) is 1.81. The zero-order chi connectivity index (χ0) is 9.56. The first-order chi connectivity index (χ1) is 5.57. The van der Waals surface area contributed by atoms with E-state index in [1.807, 2.05) is 6.92 Å². The van der Waals surface area contributed by atoms with Crippen molar-refractivity contribution in [3.05, 3.63) is 0 Å². The van der Waals surface area contributed by atoms with Crippen LogP contribution in [0.25, 0.3) is 0 Å². The fourth-order valence-electron chi connectivity index (χ4n) is 0.973. The molecule has 0 aromatic rings. The molecule has 12 heavy (non-hydrogen) atoms. The van der Waals surface area contributed by atoms with Crippen molar-refractivity contribution in [2.24, 2.45) is 5.92 Å². The Kier molecular flexibility index (Phi) is 5.34. The Morgan fingerprint density at radius 1 is 1.42 bits per heavy atom. The van der Waals surface area contributed by atoms with Gasteiger partial charge in [-0.05, 0) is 6.42 Å². The lowest BCUT2D eigenvalue weighted by Gasteiger charge is -2.05. The highest BCUT2D eigenvalue weighted by Crippen LogP contribution is 2.08. The van der Waals surface area contributed by atoms with E-state index in [-0.39, 0.29) is 18.1 Å². The summed E-state index contributed by atoms with van der Waals surface area (Å²) in [7, 11) is 0. The molecule has 0 aliphatic rings. The molecule has 1 N–H and O–H groups in total. The monoisotopic (exact) mass is 172 g/mol. The molecule has 0 bridgehead atoms. The topological polar surface area (TPSA) is 54.4 Å². The summed E-state index contributed by atoms with van der Waals surface area (Å²) in [5.41, 5.74) is 0. The Hall–Kier alpha value is -0.860. The second-order valence-electron chi connectivity index (χ2n) is 3.07. The van der Waals surface area contributed by atoms with Crippen molar-refractivity contribution in [3.63, 3.8) is 0 Å². The first-order valence-electron chi connectivity index (χ1n) is 4.32. The van der Waals surface area contributed by atoms with Crippen molar-refractivity contribution >= 4 is 11.8 Å². The molecule has 0 fully saturated rings. The van der Waals surface area contributed by atoms with Crippen LogP contribution in [0.1, 0.15) is 39.5 Å². The Bertz CT molecular complexity index is 163. The molecule has 0 radical (unpaired) electrons. The van der Waals surface area contributed by atoms with Gasteiger partial charge in [0.2, 0.25) is 0 Å². The van der Waals surface area contributed by atoms with Crippen molar-refractivity contribution in [3.8, 4) is 0 Å². The van der Waals surface area contributed by atoms with Crippen molar-refractivity contribution in [2.75, 3.05) is 0 Å². The molecule has 0 rings (SSSR count). The Balaban J connectivity index is 3.69. The number of ketones is 1. The van der Waals surface area contributed by atoms with E-state index in [9.17, 15) is 9.59 Å². The van der Waals surface area contributed by atoms with Gasteiger partial charge in [-0.1, -0.05) is 20.3 Å². The summed E-state index contributed by atoms with van der Waals surface area (Å²) in [6.07, 6.45) is 2.32. The Morgan fingerprint density at radius 3 is 2.42 bits per heavy atom. The van der Waals surface area contributed by atoms with Crippen LogP contribution in [0.2, 0.25) is 0 Å². The first kappa shape index (κ1) is 11.1. The van der Waals surface area contributed by atoms with Crippen molar-refractivity contribution in [1.29, 1.82) is 0 Å². The fraction of sp³-hybridized carbons (Fsp3) is 0.778. The molecule has 3 nitrogen and oxygen atoms in total. The first-order valence-corrected chi connectivity index (χ1v) is 4.32. The van der Waals surface area contributed by atoms with Gasteiger partial charge < -0.3 is 5.11 Å². The minimum Gasteiger partial charge on any atom is -0.481 e. The number of carbonyl (C=O) groups is 2. The Morgan fingerprint density at radius 2 is 2.00 bits per heavy atom. The molecule has 0 aromatic heterocycles. The quantitative estimate of drug-likeness (QED) is 0.665. The van der Waals surface area contributed by atoms with Gasteiger partial charge in [-0.15, -0.1) is 0 Å².